The molecule has 0 aliphatic carbocycles. The molecule has 3 nitrogen and oxygen atoms in total. The molecule has 0 saturated carbocycles. The zero-order valence-electron chi connectivity index (χ0n) is 16.2. The van der Waals surface area contributed by atoms with Gasteiger partial charge in [0.2, 0.25) is 5.78 Å². The molecule has 1 atom stereocenters. The fraction of sp³-hybridized carbons (Fsp3) is 0.200. The second-order valence-corrected chi connectivity index (χ2v) is 6.75. The molecule has 0 saturated heterocycles. The van der Waals surface area contributed by atoms with Crippen LogP contribution in [0.2, 0.25) is 0 Å². The van der Waals surface area contributed by atoms with Crippen molar-refractivity contribution in [3.8, 4) is 0 Å². The maximum absolute atomic E-state index is 13.0. The lowest BCUT2D eigenvalue weighted by molar-refractivity contribution is -0.147. The minimum absolute atomic E-state index is 0.198. The third kappa shape index (κ3) is 4.55. The highest BCUT2D eigenvalue weighted by Crippen LogP contribution is 2.26. The molecule has 3 rings (SSSR count). The van der Waals surface area contributed by atoms with E-state index in [2.05, 4.69) is 6.92 Å². The van der Waals surface area contributed by atoms with Crippen LogP contribution in [0, 0.1) is 0 Å². The van der Waals surface area contributed by atoms with E-state index in [0.29, 0.717) is 5.56 Å². The van der Waals surface area contributed by atoms with E-state index < -0.39 is 18.0 Å². The summed E-state index contributed by atoms with van der Waals surface area (Å²) in [5.41, 5.74) is 3.39. The number of carbonyl (C=O) groups excluding carboxylic acids is 2. The number of hydrogen-bond acceptors (Lipinski definition) is 3. The largest absolute Gasteiger partial charge is 0.454 e. The van der Waals surface area contributed by atoms with Crippen LogP contribution in [-0.4, -0.2) is 17.9 Å². The predicted molar refractivity (Wildman–Crippen MR) is 110 cm³/mol. The summed E-state index contributed by atoms with van der Waals surface area (Å²) in [6.07, 6.45) is 0.0596. The van der Waals surface area contributed by atoms with Crippen LogP contribution >= 0.6 is 0 Å². The molecule has 0 N–H and O–H groups in total. The van der Waals surface area contributed by atoms with Gasteiger partial charge in [0, 0.05) is 5.56 Å². The van der Waals surface area contributed by atoms with E-state index in [1.165, 1.54) is 0 Å². The number of hydrogen-bond donors (Lipinski definition) is 0. The first-order chi connectivity index (χ1) is 13.6. The van der Waals surface area contributed by atoms with E-state index in [-0.39, 0.29) is 5.78 Å². The molecule has 3 heteroatoms. The fourth-order valence-electron chi connectivity index (χ4n) is 3.19. The van der Waals surface area contributed by atoms with Gasteiger partial charge in [-0.05, 0) is 30.0 Å². The SMILES string of the molecule is CCc1ccc(C(=O)[C@@H](C)OC(=O)C(c2ccccc2)c2ccccc2)cc1. The summed E-state index contributed by atoms with van der Waals surface area (Å²) in [7, 11) is 0. The Kier molecular flexibility index (Phi) is 6.38. The molecule has 0 spiro atoms. The van der Waals surface area contributed by atoms with Gasteiger partial charge in [-0.25, -0.2) is 0 Å². The average Bonchev–Trinajstić information content (AvgIpc) is 2.75. The monoisotopic (exact) mass is 372 g/mol. The van der Waals surface area contributed by atoms with Gasteiger partial charge in [0.1, 0.15) is 5.92 Å². The standard InChI is InChI=1S/C25H24O3/c1-3-19-14-16-22(17-15-19)24(26)18(2)28-25(27)23(20-10-6-4-7-11-20)21-12-8-5-9-13-21/h4-18,23H,3H2,1-2H3/t18-/m1/s1. The number of carbonyl (C=O) groups is 2. The average molecular weight is 372 g/mol. The summed E-state index contributed by atoms with van der Waals surface area (Å²) in [5.74, 6) is -1.19. The number of ether oxygens (including phenoxy) is 1. The van der Waals surface area contributed by atoms with Gasteiger partial charge in [-0.2, -0.15) is 0 Å². The molecule has 0 aliphatic rings. The minimum Gasteiger partial charge on any atom is -0.454 e. The first kappa shape index (κ1) is 19.6. The Labute approximate surface area is 166 Å². The van der Waals surface area contributed by atoms with Crippen LogP contribution < -0.4 is 0 Å². The van der Waals surface area contributed by atoms with Crippen LogP contribution in [0.25, 0.3) is 0 Å². The summed E-state index contributed by atoms with van der Waals surface area (Å²) in [5, 5.41) is 0. The molecule has 142 valence electrons. The molecule has 0 heterocycles. The number of aryl methyl sites for hydroxylation is 1. The van der Waals surface area contributed by atoms with Crippen LogP contribution in [0.5, 0.6) is 0 Å². The van der Waals surface area contributed by atoms with Gasteiger partial charge in [0.15, 0.2) is 6.10 Å². The van der Waals surface area contributed by atoms with E-state index in [1.807, 2.05) is 72.8 Å². The molecular formula is C25H24O3. The summed E-state index contributed by atoms with van der Waals surface area (Å²) in [6.45, 7) is 3.69. The molecule has 0 aromatic heterocycles. The summed E-state index contributed by atoms with van der Waals surface area (Å²) >= 11 is 0. The highest BCUT2D eigenvalue weighted by molar-refractivity contribution is 6.00. The first-order valence-corrected chi connectivity index (χ1v) is 9.53. The number of esters is 1. The molecule has 0 aliphatic heterocycles. The van der Waals surface area contributed by atoms with Crippen LogP contribution in [0.3, 0.4) is 0 Å². The number of Topliss-reactive ketones (excluding diaryl/α,β-unsaturated/α-hetero) is 1. The van der Waals surface area contributed by atoms with Gasteiger partial charge in [0.05, 0.1) is 0 Å². The summed E-state index contributed by atoms with van der Waals surface area (Å²) < 4.78 is 5.61. The van der Waals surface area contributed by atoms with Gasteiger partial charge < -0.3 is 4.74 Å². The highest BCUT2D eigenvalue weighted by atomic mass is 16.5. The topological polar surface area (TPSA) is 43.4 Å². The van der Waals surface area contributed by atoms with Crippen molar-refractivity contribution in [2.75, 3.05) is 0 Å². The van der Waals surface area contributed by atoms with Crippen molar-refractivity contribution in [3.63, 3.8) is 0 Å². The second kappa shape index (κ2) is 9.14. The zero-order valence-corrected chi connectivity index (χ0v) is 16.2. The lowest BCUT2D eigenvalue weighted by Gasteiger charge is -2.20. The van der Waals surface area contributed by atoms with Gasteiger partial charge in [-0.3, -0.25) is 9.59 Å². The third-order valence-electron chi connectivity index (χ3n) is 4.81. The number of benzene rings is 3. The third-order valence-corrected chi connectivity index (χ3v) is 4.81. The highest BCUT2D eigenvalue weighted by Gasteiger charge is 2.28. The predicted octanol–water partition coefficient (Wildman–Crippen LogP) is 5.20. The maximum atomic E-state index is 13.0. The minimum atomic E-state index is -0.852. The van der Waals surface area contributed by atoms with E-state index in [1.54, 1.807) is 19.1 Å². The Morgan fingerprint density at radius 2 is 1.29 bits per heavy atom. The molecular weight excluding hydrogens is 348 g/mol. The number of rotatable bonds is 7. The van der Waals surface area contributed by atoms with Gasteiger partial charge in [0.25, 0.3) is 0 Å². The first-order valence-electron chi connectivity index (χ1n) is 9.53. The lowest BCUT2D eigenvalue weighted by atomic mass is 9.91. The van der Waals surface area contributed by atoms with Crippen molar-refractivity contribution >= 4 is 11.8 Å². The van der Waals surface area contributed by atoms with Crippen molar-refractivity contribution in [2.24, 2.45) is 0 Å². The van der Waals surface area contributed by atoms with Crippen LogP contribution in [0.4, 0.5) is 0 Å². The van der Waals surface area contributed by atoms with Crippen LogP contribution in [0.1, 0.15) is 46.8 Å². The van der Waals surface area contributed by atoms with Crippen LogP contribution in [0.15, 0.2) is 84.9 Å². The van der Waals surface area contributed by atoms with Gasteiger partial charge >= 0.3 is 5.97 Å². The quantitative estimate of drug-likeness (QED) is 0.423. The molecule has 0 unspecified atom stereocenters. The smallest absolute Gasteiger partial charge is 0.318 e. The number of ketones is 1. The Bertz CT molecular complexity index is 876. The Morgan fingerprint density at radius 1 is 0.786 bits per heavy atom. The molecule has 28 heavy (non-hydrogen) atoms. The fourth-order valence-corrected chi connectivity index (χ4v) is 3.19. The van der Waals surface area contributed by atoms with Gasteiger partial charge in [-0.15, -0.1) is 0 Å². The normalized spacial score (nSPS) is 11.8. The van der Waals surface area contributed by atoms with E-state index in [4.69, 9.17) is 4.74 Å². The van der Waals surface area contributed by atoms with Crippen molar-refractivity contribution in [3.05, 3.63) is 107 Å². The maximum Gasteiger partial charge on any atom is 0.318 e. The molecule has 3 aromatic carbocycles. The van der Waals surface area contributed by atoms with Crippen molar-refractivity contribution in [2.45, 2.75) is 32.3 Å². The van der Waals surface area contributed by atoms with Crippen LogP contribution in [-0.2, 0) is 16.0 Å². The molecule has 0 bridgehead atoms. The second-order valence-electron chi connectivity index (χ2n) is 6.75. The summed E-state index contributed by atoms with van der Waals surface area (Å²) in [4.78, 5) is 25.7. The Morgan fingerprint density at radius 3 is 1.75 bits per heavy atom. The van der Waals surface area contributed by atoms with Crippen molar-refractivity contribution < 1.29 is 14.3 Å². The summed E-state index contributed by atoms with van der Waals surface area (Å²) in [6, 6.07) is 26.4. The van der Waals surface area contributed by atoms with E-state index in [0.717, 1.165) is 23.1 Å². The Balaban J connectivity index is 1.80. The van der Waals surface area contributed by atoms with E-state index >= 15 is 0 Å². The van der Waals surface area contributed by atoms with Crippen molar-refractivity contribution in [1.29, 1.82) is 0 Å². The van der Waals surface area contributed by atoms with Crippen molar-refractivity contribution in [1.82, 2.24) is 0 Å². The Hall–Kier alpha value is -3.20. The van der Waals surface area contributed by atoms with E-state index in [9.17, 15) is 9.59 Å². The lowest BCUT2D eigenvalue weighted by Crippen LogP contribution is -2.28. The molecule has 0 fully saturated rings. The zero-order chi connectivity index (χ0) is 19.9. The van der Waals surface area contributed by atoms with Gasteiger partial charge in [-0.1, -0.05) is 91.9 Å². The molecule has 0 amide bonds. The molecule has 0 radical (unpaired) electrons. The molecule has 3 aromatic rings.